The largest absolute Gasteiger partial charge is 0.354 e. The van der Waals surface area contributed by atoms with Crippen molar-refractivity contribution in [1.82, 2.24) is 24.4 Å². The number of nitrogens with zero attached hydrogens (tertiary/aromatic N) is 6. The van der Waals surface area contributed by atoms with Gasteiger partial charge in [-0.05, 0) is 31.2 Å². The number of likely N-dealkylation sites (N-methyl/N-ethyl adjacent to an activating group) is 1. The number of sulfone groups is 1. The van der Waals surface area contributed by atoms with Gasteiger partial charge in [0.2, 0.25) is 0 Å². The fourth-order valence-electron chi connectivity index (χ4n) is 4.93. The summed E-state index contributed by atoms with van der Waals surface area (Å²) >= 11 is 0. The van der Waals surface area contributed by atoms with Gasteiger partial charge in [-0.25, -0.2) is 32.2 Å². The molecule has 1 saturated heterocycles. The third kappa shape index (κ3) is 5.12. The minimum Gasteiger partial charge on any atom is -0.354 e. The van der Waals surface area contributed by atoms with Crippen LogP contribution in [0, 0.1) is 11.6 Å². The van der Waals surface area contributed by atoms with Gasteiger partial charge in [0.05, 0.1) is 22.5 Å². The zero-order chi connectivity index (χ0) is 26.9. The molecule has 3 aromatic heterocycles. The second-order valence-corrected chi connectivity index (χ2v) is 11.6. The predicted molar refractivity (Wildman–Crippen MR) is 144 cm³/mol. The number of piperazine rings is 1. The van der Waals surface area contributed by atoms with E-state index in [1.807, 2.05) is 6.07 Å². The van der Waals surface area contributed by atoms with Crippen LogP contribution in [0.1, 0.15) is 25.8 Å². The first-order chi connectivity index (χ1) is 18.3. The third-order valence-corrected chi connectivity index (χ3v) is 8.71. The Labute approximate surface area is 220 Å². The minimum atomic E-state index is -3.53. The molecule has 4 heterocycles. The van der Waals surface area contributed by atoms with Crippen molar-refractivity contribution in [3.8, 4) is 16.8 Å². The molecule has 1 aromatic carbocycles. The average molecular weight is 541 g/mol. The Kier molecular flexibility index (Phi) is 7.40. The molecule has 0 bridgehead atoms. The summed E-state index contributed by atoms with van der Waals surface area (Å²) < 4.78 is 57.2. The van der Waals surface area contributed by atoms with E-state index in [-0.39, 0.29) is 17.0 Å². The van der Waals surface area contributed by atoms with Crippen molar-refractivity contribution in [3.63, 3.8) is 0 Å². The second-order valence-electron chi connectivity index (χ2n) is 9.46. The summed E-state index contributed by atoms with van der Waals surface area (Å²) in [7, 11) is -3.53. The highest BCUT2D eigenvalue weighted by Gasteiger charge is 2.24. The zero-order valence-corrected chi connectivity index (χ0v) is 22.3. The normalized spacial score (nSPS) is 14.9. The molecule has 38 heavy (non-hydrogen) atoms. The number of pyridine rings is 1. The number of aromatic nitrogens is 4. The zero-order valence-electron chi connectivity index (χ0n) is 21.4. The molecule has 1 aliphatic rings. The minimum absolute atomic E-state index is 0.0665. The van der Waals surface area contributed by atoms with Crippen molar-refractivity contribution in [3.05, 3.63) is 66.4 Å². The van der Waals surface area contributed by atoms with E-state index in [2.05, 4.69) is 26.7 Å². The van der Waals surface area contributed by atoms with Crippen molar-refractivity contribution in [2.45, 2.75) is 26.0 Å². The molecule has 8 nitrogen and oxygen atoms in total. The SMILES string of the molecule is CCCS(=O)(=O)Cc1ccc(F)c(-n2cc(-c3cncnc3)c3nc(N4CCN(CC)CC4)ccc32)c1F. The van der Waals surface area contributed by atoms with E-state index in [1.54, 1.807) is 31.6 Å². The standard InChI is InChI=1S/C27H30F2N6O2S/c1-3-13-38(36,37)17-19-5-6-22(28)27(25(19)29)35-16-21(20-14-30-18-31-15-20)26-23(35)7-8-24(32-26)34-11-9-33(4-2)10-12-34/h5-8,14-16,18H,3-4,9-13,17H2,1-2H3. The van der Waals surface area contributed by atoms with Gasteiger partial charge in [0.15, 0.2) is 15.7 Å². The van der Waals surface area contributed by atoms with Crippen LogP contribution in [0.5, 0.6) is 0 Å². The number of halogens is 2. The van der Waals surface area contributed by atoms with Gasteiger partial charge in [-0.2, -0.15) is 0 Å². The molecular formula is C27H30F2N6O2S. The van der Waals surface area contributed by atoms with E-state index < -0.39 is 27.2 Å². The van der Waals surface area contributed by atoms with Crippen molar-refractivity contribution in [2.24, 2.45) is 0 Å². The van der Waals surface area contributed by atoms with Crippen LogP contribution in [0.15, 0.2) is 49.2 Å². The molecule has 0 saturated carbocycles. The van der Waals surface area contributed by atoms with Gasteiger partial charge in [0.1, 0.15) is 23.6 Å². The first kappa shape index (κ1) is 26.2. The maximum Gasteiger partial charge on any atom is 0.154 e. The van der Waals surface area contributed by atoms with Gasteiger partial charge in [0.25, 0.3) is 0 Å². The number of hydrogen-bond donors (Lipinski definition) is 0. The lowest BCUT2D eigenvalue weighted by molar-refractivity contribution is 0.270. The van der Waals surface area contributed by atoms with Gasteiger partial charge in [-0.1, -0.05) is 19.9 Å². The monoisotopic (exact) mass is 540 g/mol. The number of rotatable bonds is 8. The molecule has 5 rings (SSSR count). The van der Waals surface area contributed by atoms with E-state index >= 15 is 8.78 Å². The molecule has 0 spiro atoms. The summed E-state index contributed by atoms with van der Waals surface area (Å²) in [5, 5.41) is 0. The molecule has 200 valence electrons. The van der Waals surface area contributed by atoms with Crippen LogP contribution in [-0.2, 0) is 15.6 Å². The van der Waals surface area contributed by atoms with Crippen LogP contribution >= 0.6 is 0 Å². The van der Waals surface area contributed by atoms with Crippen LogP contribution in [0.25, 0.3) is 27.8 Å². The Morgan fingerprint density at radius 1 is 0.974 bits per heavy atom. The first-order valence-electron chi connectivity index (χ1n) is 12.7. The van der Waals surface area contributed by atoms with Crippen LogP contribution in [-0.4, -0.2) is 71.3 Å². The number of fused-ring (bicyclic) bond motifs is 1. The van der Waals surface area contributed by atoms with Crippen molar-refractivity contribution in [1.29, 1.82) is 0 Å². The van der Waals surface area contributed by atoms with Crippen LogP contribution in [0.3, 0.4) is 0 Å². The van der Waals surface area contributed by atoms with E-state index in [0.717, 1.165) is 44.6 Å². The number of benzene rings is 1. The van der Waals surface area contributed by atoms with Gasteiger partial charge in [-0.3, -0.25) is 0 Å². The molecule has 0 radical (unpaired) electrons. The van der Waals surface area contributed by atoms with Gasteiger partial charge in [-0.15, -0.1) is 0 Å². The predicted octanol–water partition coefficient (Wildman–Crippen LogP) is 4.23. The Bertz CT molecular complexity index is 1550. The third-order valence-electron chi connectivity index (χ3n) is 6.93. The molecule has 0 N–H and O–H groups in total. The molecule has 1 fully saturated rings. The maximum absolute atomic E-state index is 15.8. The fourth-order valence-corrected chi connectivity index (χ4v) is 6.40. The Hall–Kier alpha value is -3.44. The van der Waals surface area contributed by atoms with E-state index in [4.69, 9.17) is 4.98 Å². The van der Waals surface area contributed by atoms with Crippen molar-refractivity contribution < 1.29 is 17.2 Å². The lowest BCUT2D eigenvalue weighted by atomic mass is 10.1. The Morgan fingerprint density at radius 3 is 2.39 bits per heavy atom. The lowest BCUT2D eigenvalue weighted by Gasteiger charge is -2.34. The summed E-state index contributed by atoms with van der Waals surface area (Å²) in [5.41, 5.74) is 1.91. The van der Waals surface area contributed by atoms with Crippen LogP contribution in [0.2, 0.25) is 0 Å². The lowest BCUT2D eigenvalue weighted by Crippen LogP contribution is -2.46. The number of hydrogen-bond acceptors (Lipinski definition) is 7. The summed E-state index contributed by atoms with van der Waals surface area (Å²) in [5.74, 6) is -1.48. The highest BCUT2D eigenvalue weighted by molar-refractivity contribution is 7.90. The highest BCUT2D eigenvalue weighted by Crippen LogP contribution is 2.35. The summed E-state index contributed by atoms with van der Waals surface area (Å²) in [6.45, 7) is 8.40. The molecule has 4 aromatic rings. The van der Waals surface area contributed by atoms with E-state index in [9.17, 15) is 8.42 Å². The molecule has 1 aliphatic heterocycles. The van der Waals surface area contributed by atoms with E-state index in [0.29, 0.717) is 28.6 Å². The topological polar surface area (TPSA) is 84.2 Å². The quantitative estimate of drug-likeness (QED) is 0.331. The first-order valence-corrected chi connectivity index (χ1v) is 14.6. The van der Waals surface area contributed by atoms with Gasteiger partial charge < -0.3 is 14.4 Å². The summed E-state index contributed by atoms with van der Waals surface area (Å²) in [4.78, 5) is 17.7. The molecule has 0 amide bonds. The highest BCUT2D eigenvalue weighted by atomic mass is 32.2. The van der Waals surface area contributed by atoms with Gasteiger partial charge in [0, 0.05) is 61.5 Å². The Balaban J connectivity index is 1.65. The number of anilines is 1. The maximum atomic E-state index is 15.8. The van der Waals surface area contributed by atoms with E-state index in [1.165, 1.54) is 17.0 Å². The molecule has 0 unspecified atom stereocenters. The Morgan fingerprint density at radius 2 is 1.71 bits per heavy atom. The molecule has 0 aliphatic carbocycles. The van der Waals surface area contributed by atoms with Crippen molar-refractivity contribution in [2.75, 3.05) is 43.4 Å². The van der Waals surface area contributed by atoms with Gasteiger partial charge >= 0.3 is 0 Å². The summed E-state index contributed by atoms with van der Waals surface area (Å²) in [6, 6.07) is 5.97. The fraction of sp³-hybridized carbons (Fsp3) is 0.370. The molecular weight excluding hydrogens is 510 g/mol. The van der Waals surface area contributed by atoms with Crippen molar-refractivity contribution >= 4 is 26.7 Å². The molecule has 0 atom stereocenters. The molecule has 11 heteroatoms. The van der Waals surface area contributed by atoms with Crippen LogP contribution in [0.4, 0.5) is 14.6 Å². The summed E-state index contributed by atoms with van der Waals surface area (Å²) in [6.07, 6.45) is 6.70. The smallest absolute Gasteiger partial charge is 0.154 e. The second kappa shape index (κ2) is 10.7. The van der Waals surface area contributed by atoms with Crippen LogP contribution < -0.4 is 4.90 Å². The average Bonchev–Trinajstić information content (AvgIpc) is 3.29.